The lowest BCUT2D eigenvalue weighted by Gasteiger charge is -2.16. The number of hydrogen-bond acceptors (Lipinski definition) is 3. The van der Waals surface area contributed by atoms with Crippen molar-refractivity contribution in [2.24, 2.45) is 0 Å². The van der Waals surface area contributed by atoms with E-state index in [2.05, 4.69) is 25.8 Å². The molecule has 3 heterocycles. The van der Waals surface area contributed by atoms with Gasteiger partial charge in [0, 0.05) is 12.7 Å². The lowest BCUT2D eigenvalue weighted by molar-refractivity contribution is 0.657. The highest BCUT2D eigenvalue weighted by Gasteiger charge is 2.19. The van der Waals surface area contributed by atoms with Crippen molar-refractivity contribution in [3.8, 4) is 11.5 Å². The Bertz CT molecular complexity index is 487. The van der Waals surface area contributed by atoms with Crippen molar-refractivity contribution >= 4 is 0 Å². The highest BCUT2D eigenvalue weighted by atomic mass is 15.3. The Morgan fingerprint density at radius 3 is 3.21 bits per heavy atom. The van der Waals surface area contributed by atoms with Crippen LogP contribution in [-0.4, -0.2) is 19.7 Å². The monoisotopic (exact) mass is 186 g/mol. The van der Waals surface area contributed by atoms with Gasteiger partial charge in [-0.25, -0.2) is 0 Å². The molecule has 1 aliphatic heterocycles. The number of aromatic nitrogens is 4. The van der Waals surface area contributed by atoms with E-state index in [4.69, 9.17) is 0 Å². The second kappa shape index (κ2) is 2.64. The number of rotatable bonds is 0. The summed E-state index contributed by atoms with van der Waals surface area (Å²) >= 11 is 0. The van der Waals surface area contributed by atoms with Gasteiger partial charge in [0.15, 0.2) is 5.82 Å². The van der Waals surface area contributed by atoms with E-state index in [1.165, 1.54) is 5.56 Å². The molecule has 2 aromatic heterocycles. The van der Waals surface area contributed by atoms with Crippen LogP contribution in [-0.2, 0) is 13.0 Å². The normalized spacial score (nSPS) is 13.5. The fraction of sp³-hybridized carbons (Fsp3) is 0.300. The average molecular weight is 186 g/mol. The molecule has 0 amide bonds. The molecule has 14 heavy (non-hydrogen) atoms. The van der Waals surface area contributed by atoms with E-state index in [1.807, 2.05) is 13.0 Å². The van der Waals surface area contributed by atoms with Crippen LogP contribution in [0, 0.1) is 6.92 Å². The topological polar surface area (TPSA) is 43.6 Å². The zero-order valence-electron chi connectivity index (χ0n) is 7.94. The third-order valence-electron chi connectivity index (χ3n) is 2.64. The molecule has 0 saturated carbocycles. The number of fused-ring (bicyclic) bond motifs is 3. The summed E-state index contributed by atoms with van der Waals surface area (Å²) in [4.78, 5) is 4.35. The van der Waals surface area contributed by atoms with Crippen molar-refractivity contribution in [3.05, 3.63) is 29.7 Å². The maximum atomic E-state index is 4.35. The molecule has 0 aromatic carbocycles. The Kier molecular flexibility index (Phi) is 1.45. The lowest BCUT2D eigenvalue weighted by Crippen LogP contribution is -2.13. The molecular formula is C10H10N4. The summed E-state index contributed by atoms with van der Waals surface area (Å²) in [7, 11) is 0. The van der Waals surface area contributed by atoms with Gasteiger partial charge in [0.2, 0.25) is 0 Å². The van der Waals surface area contributed by atoms with Crippen LogP contribution in [0.2, 0.25) is 0 Å². The van der Waals surface area contributed by atoms with Crippen molar-refractivity contribution in [2.45, 2.75) is 19.9 Å². The molecule has 4 nitrogen and oxygen atoms in total. The molecular weight excluding hydrogens is 176 g/mol. The van der Waals surface area contributed by atoms with E-state index >= 15 is 0 Å². The Hall–Kier alpha value is -1.71. The fourth-order valence-corrected chi connectivity index (χ4v) is 1.90. The molecule has 0 atom stereocenters. The Balaban J connectivity index is 2.29. The number of hydrogen-bond donors (Lipinski definition) is 0. The highest BCUT2D eigenvalue weighted by Crippen LogP contribution is 2.25. The summed E-state index contributed by atoms with van der Waals surface area (Å²) in [6, 6.07) is 4.08. The molecule has 0 unspecified atom stereocenters. The fourth-order valence-electron chi connectivity index (χ4n) is 1.90. The predicted octanol–water partition coefficient (Wildman–Crippen LogP) is 1.20. The van der Waals surface area contributed by atoms with Crippen LogP contribution >= 0.6 is 0 Å². The minimum absolute atomic E-state index is 0.907. The number of pyridine rings is 1. The summed E-state index contributed by atoms with van der Waals surface area (Å²) in [6.45, 7) is 2.94. The quantitative estimate of drug-likeness (QED) is 0.621. The SMILES string of the molecule is Cc1nnc2n1CCc1cccnc1-2. The van der Waals surface area contributed by atoms with Gasteiger partial charge in [0.25, 0.3) is 0 Å². The zero-order chi connectivity index (χ0) is 9.54. The van der Waals surface area contributed by atoms with Gasteiger partial charge in [-0.1, -0.05) is 6.07 Å². The van der Waals surface area contributed by atoms with Crippen LogP contribution in [0.15, 0.2) is 18.3 Å². The molecule has 4 heteroatoms. The Labute approximate surface area is 81.6 Å². The molecule has 0 radical (unpaired) electrons. The van der Waals surface area contributed by atoms with E-state index in [9.17, 15) is 0 Å². The van der Waals surface area contributed by atoms with Crippen LogP contribution in [0.25, 0.3) is 11.5 Å². The van der Waals surface area contributed by atoms with Crippen LogP contribution in [0.4, 0.5) is 0 Å². The number of nitrogens with zero attached hydrogens (tertiary/aromatic N) is 4. The highest BCUT2D eigenvalue weighted by molar-refractivity contribution is 5.56. The first kappa shape index (κ1) is 7.67. The Morgan fingerprint density at radius 1 is 1.36 bits per heavy atom. The van der Waals surface area contributed by atoms with E-state index < -0.39 is 0 Å². The Morgan fingerprint density at radius 2 is 2.29 bits per heavy atom. The zero-order valence-corrected chi connectivity index (χ0v) is 7.94. The molecule has 0 fully saturated rings. The van der Waals surface area contributed by atoms with Crippen molar-refractivity contribution in [1.82, 2.24) is 19.7 Å². The van der Waals surface area contributed by atoms with E-state index in [1.54, 1.807) is 6.20 Å². The first-order valence-electron chi connectivity index (χ1n) is 4.70. The maximum absolute atomic E-state index is 4.35. The first-order chi connectivity index (χ1) is 6.86. The standard InChI is InChI=1S/C10H10N4/c1-7-12-13-10-9-8(3-2-5-11-9)4-6-14(7)10/h2-3,5H,4,6H2,1H3. The maximum Gasteiger partial charge on any atom is 0.182 e. The van der Waals surface area contributed by atoms with Gasteiger partial charge in [-0.05, 0) is 25.0 Å². The molecule has 70 valence electrons. The molecule has 0 bridgehead atoms. The smallest absolute Gasteiger partial charge is 0.182 e. The minimum Gasteiger partial charge on any atom is -0.310 e. The summed E-state index contributed by atoms with van der Waals surface area (Å²) in [6.07, 6.45) is 2.83. The summed E-state index contributed by atoms with van der Waals surface area (Å²) < 4.78 is 2.12. The van der Waals surface area contributed by atoms with Crippen LogP contribution in [0.3, 0.4) is 0 Å². The van der Waals surface area contributed by atoms with Gasteiger partial charge in [0.05, 0.1) is 0 Å². The van der Waals surface area contributed by atoms with Gasteiger partial charge < -0.3 is 4.57 Å². The van der Waals surface area contributed by atoms with Crippen molar-refractivity contribution in [1.29, 1.82) is 0 Å². The summed E-state index contributed by atoms with van der Waals surface area (Å²) in [5.74, 6) is 1.88. The van der Waals surface area contributed by atoms with Crippen molar-refractivity contribution < 1.29 is 0 Å². The van der Waals surface area contributed by atoms with Crippen LogP contribution in [0.5, 0.6) is 0 Å². The van der Waals surface area contributed by atoms with Gasteiger partial charge in [0.1, 0.15) is 11.5 Å². The second-order valence-electron chi connectivity index (χ2n) is 3.48. The average Bonchev–Trinajstić information content (AvgIpc) is 2.61. The minimum atomic E-state index is 0.907. The molecule has 0 spiro atoms. The lowest BCUT2D eigenvalue weighted by atomic mass is 10.1. The molecule has 1 aliphatic rings. The van der Waals surface area contributed by atoms with E-state index in [0.717, 1.165) is 30.3 Å². The van der Waals surface area contributed by atoms with Crippen molar-refractivity contribution in [2.75, 3.05) is 0 Å². The third-order valence-corrected chi connectivity index (χ3v) is 2.64. The van der Waals surface area contributed by atoms with Gasteiger partial charge in [-0.15, -0.1) is 10.2 Å². The van der Waals surface area contributed by atoms with Gasteiger partial charge >= 0.3 is 0 Å². The second-order valence-corrected chi connectivity index (χ2v) is 3.48. The van der Waals surface area contributed by atoms with Crippen molar-refractivity contribution in [3.63, 3.8) is 0 Å². The van der Waals surface area contributed by atoms with Crippen LogP contribution in [0.1, 0.15) is 11.4 Å². The molecule has 0 aliphatic carbocycles. The van der Waals surface area contributed by atoms with E-state index in [0.29, 0.717) is 0 Å². The van der Waals surface area contributed by atoms with E-state index in [-0.39, 0.29) is 0 Å². The molecule has 0 saturated heterocycles. The summed E-state index contributed by atoms with van der Waals surface area (Å²) in [5.41, 5.74) is 2.26. The van der Waals surface area contributed by atoms with Crippen LogP contribution < -0.4 is 0 Å². The summed E-state index contributed by atoms with van der Waals surface area (Å²) in [5, 5.41) is 8.22. The third kappa shape index (κ3) is 0.907. The predicted molar refractivity (Wildman–Crippen MR) is 51.7 cm³/mol. The first-order valence-corrected chi connectivity index (χ1v) is 4.70. The van der Waals surface area contributed by atoms with Gasteiger partial charge in [-0.3, -0.25) is 4.98 Å². The molecule has 2 aromatic rings. The molecule has 3 rings (SSSR count). The number of aryl methyl sites for hydroxylation is 2. The molecule has 0 N–H and O–H groups in total. The largest absolute Gasteiger partial charge is 0.310 e. The van der Waals surface area contributed by atoms with Gasteiger partial charge in [-0.2, -0.15) is 0 Å².